The third kappa shape index (κ3) is 11.5. The molecule has 1 atom stereocenters. The molecule has 0 fully saturated rings. The fraction of sp³-hybridized carbons (Fsp3) is 0.889. The Hall–Kier alpha value is -0.460. The van der Waals surface area contributed by atoms with Crippen LogP contribution in [0.3, 0.4) is 0 Å². The van der Waals surface area contributed by atoms with Gasteiger partial charge in [-0.25, -0.2) is 0 Å². The fourth-order valence-electron chi connectivity index (χ4n) is 0.957. The number of nitrogens with one attached hydrogen (secondary N) is 2. The maximum atomic E-state index is 11.1. The number of ether oxygens (including phenoxy) is 1. The monoisotopic (exact) mass is 236 g/mol. The number of carbonyl (C=O) groups excluding carboxylic acids is 1. The van der Waals surface area contributed by atoms with Gasteiger partial charge in [0.15, 0.2) is 0 Å². The normalized spacial score (nSPS) is 12.4. The first kappa shape index (κ1) is 14.5. The minimum Gasteiger partial charge on any atom is -0.383 e. The second kappa shape index (κ2) is 10.1. The average molecular weight is 236 g/mol. The van der Waals surface area contributed by atoms with Gasteiger partial charge >= 0.3 is 0 Å². The summed E-state index contributed by atoms with van der Waals surface area (Å²) < 4.78 is 15.5. The van der Waals surface area contributed by atoms with E-state index in [-0.39, 0.29) is 5.91 Å². The topological polar surface area (TPSA) is 67.4 Å². The highest BCUT2D eigenvalue weighted by Gasteiger charge is 1.99. The minimum absolute atomic E-state index is 0.0373. The number of methoxy groups -OCH3 is 1. The van der Waals surface area contributed by atoms with Crippen LogP contribution in [0.2, 0.25) is 0 Å². The Balaban J connectivity index is 3.20. The van der Waals surface area contributed by atoms with Gasteiger partial charge in [0.2, 0.25) is 5.91 Å². The molecule has 0 spiro atoms. The van der Waals surface area contributed by atoms with Crippen molar-refractivity contribution in [2.24, 2.45) is 0 Å². The van der Waals surface area contributed by atoms with Crippen LogP contribution in [0.5, 0.6) is 0 Å². The summed E-state index contributed by atoms with van der Waals surface area (Å²) in [6.07, 6.45) is 2.51. The average Bonchev–Trinajstić information content (AvgIpc) is 2.17. The van der Waals surface area contributed by atoms with Crippen LogP contribution in [-0.2, 0) is 20.3 Å². The van der Waals surface area contributed by atoms with E-state index < -0.39 is 10.8 Å². The molecule has 0 saturated carbocycles. The zero-order valence-electron chi connectivity index (χ0n) is 9.38. The summed E-state index contributed by atoms with van der Waals surface area (Å²) in [6.45, 7) is 2.09. The van der Waals surface area contributed by atoms with Gasteiger partial charge in [-0.15, -0.1) is 0 Å². The Morgan fingerprint density at radius 2 is 2.13 bits per heavy atom. The maximum absolute atomic E-state index is 11.1. The minimum atomic E-state index is -0.743. The first-order valence-electron chi connectivity index (χ1n) is 4.93. The first-order valence-corrected chi connectivity index (χ1v) is 6.66. The van der Waals surface area contributed by atoms with Gasteiger partial charge in [-0.3, -0.25) is 9.00 Å². The molecule has 0 heterocycles. The van der Waals surface area contributed by atoms with Gasteiger partial charge < -0.3 is 15.4 Å². The van der Waals surface area contributed by atoms with Gasteiger partial charge in [-0.1, -0.05) is 0 Å². The van der Waals surface area contributed by atoms with Crippen LogP contribution < -0.4 is 10.6 Å². The van der Waals surface area contributed by atoms with Crippen molar-refractivity contribution in [1.29, 1.82) is 0 Å². The summed E-state index contributed by atoms with van der Waals surface area (Å²) in [4.78, 5) is 11.1. The highest BCUT2D eigenvalue weighted by Crippen LogP contribution is 1.80. The molecular formula is C9H20N2O3S. The smallest absolute Gasteiger partial charge is 0.234 e. The lowest BCUT2D eigenvalue weighted by molar-refractivity contribution is -0.120. The molecule has 0 bridgehead atoms. The van der Waals surface area contributed by atoms with Crippen LogP contribution in [0.25, 0.3) is 0 Å². The number of hydrogen-bond acceptors (Lipinski definition) is 4. The molecule has 5 nitrogen and oxygen atoms in total. The Morgan fingerprint density at radius 3 is 2.73 bits per heavy atom. The second-order valence-electron chi connectivity index (χ2n) is 3.15. The number of hydrogen-bond donors (Lipinski definition) is 2. The molecule has 90 valence electrons. The molecule has 6 heteroatoms. The van der Waals surface area contributed by atoms with Crippen molar-refractivity contribution in [3.63, 3.8) is 0 Å². The van der Waals surface area contributed by atoms with Gasteiger partial charge in [0.1, 0.15) is 0 Å². The molecule has 1 amide bonds. The maximum Gasteiger partial charge on any atom is 0.234 e. The van der Waals surface area contributed by atoms with E-state index in [9.17, 15) is 9.00 Å². The van der Waals surface area contributed by atoms with E-state index in [4.69, 9.17) is 4.74 Å². The highest BCUT2D eigenvalue weighted by molar-refractivity contribution is 7.84. The summed E-state index contributed by atoms with van der Waals surface area (Å²) in [5.41, 5.74) is 0. The van der Waals surface area contributed by atoms with Crippen LogP contribution in [0, 0.1) is 0 Å². The summed E-state index contributed by atoms with van der Waals surface area (Å²) in [5, 5.41) is 5.68. The molecule has 0 aromatic heterocycles. The second-order valence-corrected chi connectivity index (χ2v) is 4.71. The SMILES string of the molecule is COCCNC(=O)CNCCCS(C)=O. The van der Waals surface area contributed by atoms with E-state index in [1.807, 2.05) is 0 Å². The van der Waals surface area contributed by atoms with Crippen LogP contribution in [-0.4, -0.2) is 55.5 Å². The Bertz CT molecular complexity index is 200. The Labute approximate surface area is 93.4 Å². The van der Waals surface area contributed by atoms with E-state index >= 15 is 0 Å². The predicted molar refractivity (Wildman–Crippen MR) is 61.3 cm³/mol. The summed E-state index contributed by atoms with van der Waals surface area (Å²) in [5.74, 6) is 0.642. The highest BCUT2D eigenvalue weighted by atomic mass is 32.2. The third-order valence-electron chi connectivity index (χ3n) is 1.70. The number of rotatable bonds is 9. The lowest BCUT2D eigenvalue weighted by Gasteiger charge is -2.05. The van der Waals surface area contributed by atoms with Crippen LogP contribution in [0.15, 0.2) is 0 Å². The summed E-state index contributed by atoms with van der Waals surface area (Å²) in [7, 11) is 0.850. The fourth-order valence-corrected chi connectivity index (χ4v) is 1.51. The molecule has 15 heavy (non-hydrogen) atoms. The molecule has 0 aromatic rings. The standard InChI is InChI=1S/C9H20N2O3S/c1-14-6-5-11-9(12)8-10-4-3-7-15(2)13/h10H,3-8H2,1-2H3,(H,11,12). The van der Waals surface area contributed by atoms with Crippen molar-refractivity contribution in [3.8, 4) is 0 Å². The van der Waals surface area contributed by atoms with Gasteiger partial charge in [0.25, 0.3) is 0 Å². The van der Waals surface area contributed by atoms with Crippen LogP contribution in [0.4, 0.5) is 0 Å². The zero-order chi connectivity index (χ0) is 11.5. The van der Waals surface area contributed by atoms with E-state index in [0.717, 1.165) is 13.0 Å². The van der Waals surface area contributed by atoms with Gasteiger partial charge in [-0.05, 0) is 13.0 Å². The number of carbonyl (C=O) groups is 1. The van der Waals surface area contributed by atoms with Crippen molar-refractivity contribution in [1.82, 2.24) is 10.6 Å². The quantitative estimate of drug-likeness (QED) is 0.510. The lowest BCUT2D eigenvalue weighted by Crippen LogP contribution is -2.36. The van der Waals surface area contributed by atoms with Gasteiger partial charge in [0.05, 0.1) is 13.2 Å². The molecule has 0 saturated heterocycles. The van der Waals surface area contributed by atoms with Crippen LogP contribution >= 0.6 is 0 Å². The van der Waals surface area contributed by atoms with Crippen molar-refractivity contribution in [2.75, 3.05) is 45.4 Å². The van der Waals surface area contributed by atoms with Gasteiger partial charge in [-0.2, -0.15) is 0 Å². The zero-order valence-corrected chi connectivity index (χ0v) is 10.2. The number of amides is 1. The molecule has 0 aliphatic carbocycles. The van der Waals surface area contributed by atoms with Crippen molar-refractivity contribution >= 4 is 16.7 Å². The molecule has 0 aromatic carbocycles. The molecule has 0 rings (SSSR count). The Kier molecular flexibility index (Phi) is 9.76. The molecule has 0 aliphatic rings. The van der Waals surface area contributed by atoms with Crippen molar-refractivity contribution in [3.05, 3.63) is 0 Å². The first-order chi connectivity index (χ1) is 7.16. The molecule has 1 unspecified atom stereocenters. The molecular weight excluding hydrogens is 216 g/mol. The molecule has 0 radical (unpaired) electrons. The molecule has 0 aliphatic heterocycles. The predicted octanol–water partition coefficient (Wildman–Crippen LogP) is -0.893. The largest absolute Gasteiger partial charge is 0.383 e. The van der Waals surface area contributed by atoms with Crippen molar-refractivity contribution < 1.29 is 13.7 Å². The van der Waals surface area contributed by atoms with E-state index in [0.29, 0.717) is 25.4 Å². The van der Waals surface area contributed by atoms with E-state index in [1.165, 1.54) is 0 Å². The Morgan fingerprint density at radius 1 is 1.40 bits per heavy atom. The van der Waals surface area contributed by atoms with Gasteiger partial charge in [0, 0.05) is 36.5 Å². The molecule has 2 N–H and O–H groups in total. The summed E-state index contributed by atoms with van der Waals surface area (Å²) in [6, 6.07) is 0. The lowest BCUT2D eigenvalue weighted by atomic mass is 10.4. The van der Waals surface area contributed by atoms with E-state index in [2.05, 4.69) is 10.6 Å². The van der Waals surface area contributed by atoms with Crippen LogP contribution in [0.1, 0.15) is 6.42 Å². The van der Waals surface area contributed by atoms with Crippen molar-refractivity contribution in [2.45, 2.75) is 6.42 Å². The summed E-state index contributed by atoms with van der Waals surface area (Å²) >= 11 is 0. The van der Waals surface area contributed by atoms with E-state index in [1.54, 1.807) is 13.4 Å². The third-order valence-corrected chi connectivity index (χ3v) is 2.56.